The number of anilines is 1. The number of hydrogen-bond acceptors (Lipinski definition) is 4. The minimum absolute atomic E-state index is 0.0426. The van der Waals surface area contributed by atoms with Crippen molar-refractivity contribution in [3.05, 3.63) is 100 Å². The van der Waals surface area contributed by atoms with Crippen LogP contribution in [0.25, 0.3) is 0 Å². The fraction of sp³-hybridized carbons (Fsp3) is 0.333. The molecule has 0 aromatic heterocycles. The van der Waals surface area contributed by atoms with Crippen LogP contribution in [0.4, 0.5) is 23.2 Å². The molecule has 0 aliphatic carbocycles. The van der Waals surface area contributed by atoms with Crippen LogP contribution in [0.3, 0.4) is 0 Å². The standard InChI is InChI=1S/C30H32ClF4N3O4S/c1-20(2)17-36-29(40)27(15-21-7-5-4-6-8-21)37(18-22-9-12-24(32)13-10-22)28(39)19-38(43(3,41)42)26-16-23(30(33,34)35)11-14-25(26)31/h4-14,16,20,27H,15,17-19H2,1-3H3,(H,36,40)/t27-/m0/s1. The van der Waals surface area contributed by atoms with Gasteiger partial charge in [0.05, 0.1) is 22.5 Å². The Hall–Kier alpha value is -3.64. The lowest BCUT2D eigenvalue weighted by Crippen LogP contribution is -2.53. The summed E-state index contributed by atoms with van der Waals surface area (Å²) < 4.78 is 80.4. The summed E-state index contributed by atoms with van der Waals surface area (Å²) >= 11 is 6.15. The van der Waals surface area contributed by atoms with Crippen LogP contribution in [0, 0.1) is 11.7 Å². The molecular weight excluding hydrogens is 610 g/mol. The van der Waals surface area contributed by atoms with Gasteiger partial charge < -0.3 is 10.2 Å². The molecule has 43 heavy (non-hydrogen) atoms. The van der Waals surface area contributed by atoms with Gasteiger partial charge in [0.1, 0.15) is 18.4 Å². The molecule has 0 radical (unpaired) electrons. The van der Waals surface area contributed by atoms with E-state index >= 15 is 0 Å². The summed E-state index contributed by atoms with van der Waals surface area (Å²) in [5, 5.41) is 2.48. The van der Waals surface area contributed by atoms with Gasteiger partial charge in [-0.1, -0.05) is 67.9 Å². The molecule has 0 aliphatic rings. The van der Waals surface area contributed by atoms with Gasteiger partial charge >= 0.3 is 6.18 Å². The zero-order valence-electron chi connectivity index (χ0n) is 23.7. The van der Waals surface area contributed by atoms with E-state index in [1.54, 1.807) is 30.3 Å². The lowest BCUT2D eigenvalue weighted by molar-refractivity contribution is -0.140. The molecule has 1 atom stereocenters. The van der Waals surface area contributed by atoms with E-state index in [0.717, 1.165) is 17.2 Å². The smallest absolute Gasteiger partial charge is 0.354 e. The third-order valence-electron chi connectivity index (χ3n) is 6.44. The monoisotopic (exact) mass is 641 g/mol. The van der Waals surface area contributed by atoms with Crippen LogP contribution in [-0.2, 0) is 38.8 Å². The van der Waals surface area contributed by atoms with Crippen LogP contribution in [0.15, 0.2) is 72.8 Å². The Morgan fingerprint density at radius 1 is 0.953 bits per heavy atom. The zero-order chi connectivity index (χ0) is 31.9. The Bertz CT molecular complexity index is 1520. The first-order valence-electron chi connectivity index (χ1n) is 13.3. The van der Waals surface area contributed by atoms with E-state index < -0.39 is 57.7 Å². The molecule has 3 rings (SSSR count). The number of alkyl halides is 3. The van der Waals surface area contributed by atoms with Gasteiger partial charge in [0, 0.05) is 19.5 Å². The molecular formula is C30H32ClF4N3O4S. The Balaban J connectivity index is 2.10. The molecule has 232 valence electrons. The average molecular weight is 642 g/mol. The molecule has 0 saturated heterocycles. The number of nitrogens with one attached hydrogen (secondary N) is 1. The van der Waals surface area contributed by atoms with Crippen molar-refractivity contribution in [3.8, 4) is 0 Å². The van der Waals surface area contributed by atoms with Gasteiger partial charge in [-0.05, 0) is 47.4 Å². The van der Waals surface area contributed by atoms with Crippen LogP contribution >= 0.6 is 11.6 Å². The molecule has 3 aromatic carbocycles. The first kappa shape index (κ1) is 33.9. The molecule has 0 fully saturated rings. The van der Waals surface area contributed by atoms with E-state index in [1.807, 2.05) is 13.8 Å². The van der Waals surface area contributed by atoms with Crippen molar-refractivity contribution >= 4 is 39.1 Å². The summed E-state index contributed by atoms with van der Waals surface area (Å²) in [7, 11) is -4.35. The molecule has 0 saturated carbocycles. The minimum Gasteiger partial charge on any atom is -0.354 e. The van der Waals surface area contributed by atoms with Crippen molar-refractivity contribution in [2.45, 2.75) is 39.0 Å². The molecule has 13 heteroatoms. The molecule has 7 nitrogen and oxygen atoms in total. The average Bonchev–Trinajstić information content (AvgIpc) is 2.93. The van der Waals surface area contributed by atoms with Crippen LogP contribution < -0.4 is 9.62 Å². The third kappa shape index (κ3) is 9.69. The van der Waals surface area contributed by atoms with Crippen molar-refractivity contribution in [1.82, 2.24) is 10.2 Å². The number of carbonyl (C=O) groups is 2. The number of hydrogen-bond donors (Lipinski definition) is 1. The number of rotatable bonds is 12. The molecule has 3 aromatic rings. The van der Waals surface area contributed by atoms with Crippen LogP contribution in [0.1, 0.15) is 30.5 Å². The summed E-state index contributed by atoms with van der Waals surface area (Å²) in [6, 6.07) is 15.0. The van der Waals surface area contributed by atoms with E-state index in [1.165, 1.54) is 24.3 Å². The highest BCUT2D eigenvalue weighted by molar-refractivity contribution is 7.92. The number of halogens is 5. The van der Waals surface area contributed by atoms with Gasteiger partial charge in [-0.3, -0.25) is 13.9 Å². The maximum Gasteiger partial charge on any atom is 0.416 e. The Labute approximate surface area is 253 Å². The topological polar surface area (TPSA) is 86.8 Å². The van der Waals surface area contributed by atoms with Crippen LogP contribution in [-0.4, -0.2) is 50.5 Å². The second-order valence-electron chi connectivity index (χ2n) is 10.4. The maximum atomic E-state index is 14.0. The van der Waals surface area contributed by atoms with E-state index in [9.17, 15) is 35.6 Å². The highest BCUT2D eigenvalue weighted by Gasteiger charge is 2.36. The van der Waals surface area contributed by atoms with Gasteiger partial charge in [-0.2, -0.15) is 13.2 Å². The molecule has 0 aliphatic heterocycles. The number of carbonyl (C=O) groups excluding carboxylic acids is 2. The molecule has 0 spiro atoms. The van der Waals surface area contributed by atoms with Crippen molar-refractivity contribution in [1.29, 1.82) is 0 Å². The quantitative estimate of drug-likeness (QED) is 0.258. The number of amides is 2. The van der Waals surface area contributed by atoms with Crippen molar-refractivity contribution < 1.29 is 35.6 Å². The van der Waals surface area contributed by atoms with E-state index in [0.29, 0.717) is 27.6 Å². The third-order valence-corrected chi connectivity index (χ3v) is 7.89. The van der Waals surface area contributed by atoms with Gasteiger partial charge in [-0.15, -0.1) is 0 Å². The van der Waals surface area contributed by atoms with E-state index in [4.69, 9.17) is 11.6 Å². The summed E-state index contributed by atoms with van der Waals surface area (Å²) in [5.74, 6) is -1.86. The summed E-state index contributed by atoms with van der Waals surface area (Å²) in [6.45, 7) is 2.88. The van der Waals surface area contributed by atoms with Gasteiger partial charge in [0.2, 0.25) is 21.8 Å². The summed E-state index contributed by atoms with van der Waals surface area (Å²) in [5.41, 5.74) is -0.568. The summed E-state index contributed by atoms with van der Waals surface area (Å²) in [4.78, 5) is 28.7. The Morgan fingerprint density at radius 2 is 1.58 bits per heavy atom. The number of sulfonamides is 1. The second kappa shape index (κ2) is 14.2. The molecule has 1 N–H and O–H groups in total. The predicted octanol–water partition coefficient (Wildman–Crippen LogP) is 5.68. The van der Waals surface area contributed by atoms with Gasteiger partial charge in [-0.25, -0.2) is 12.8 Å². The highest BCUT2D eigenvalue weighted by Crippen LogP contribution is 2.36. The highest BCUT2D eigenvalue weighted by atomic mass is 35.5. The van der Waals surface area contributed by atoms with Gasteiger partial charge in [0.25, 0.3) is 0 Å². The maximum absolute atomic E-state index is 14.0. The fourth-order valence-corrected chi connectivity index (χ4v) is 5.36. The van der Waals surface area contributed by atoms with Crippen molar-refractivity contribution in [2.24, 2.45) is 5.92 Å². The first-order chi connectivity index (χ1) is 20.1. The van der Waals surface area contributed by atoms with E-state index in [2.05, 4.69) is 5.32 Å². The fourth-order valence-electron chi connectivity index (χ4n) is 4.24. The lowest BCUT2D eigenvalue weighted by Gasteiger charge is -2.34. The van der Waals surface area contributed by atoms with Crippen LogP contribution in [0.2, 0.25) is 5.02 Å². The first-order valence-corrected chi connectivity index (χ1v) is 15.5. The van der Waals surface area contributed by atoms with Crippen LogP contribution in [0.5, 0.6) is 0 Å². The largest absolute Gasteiger partial charge is 0.416 e. The molecule has 0 bridgehead atoms. The van der Waals surface area contributed by atoms with Crippen molar-refractivity contribution in [2.75, 3.05) is 23.7 Å². The SMILES string of the molecule is CC(C)CNC(=O)[C@H](Cc1ccccc1)N(Cc1ccc(F)cc1)C(=O)CN(c1cc(C(F)(F)F)ccc1Cl)S(C)(=O)=O. The van der Waals surface area contributed by atoms with Gasteiger partial charge in [0.15, 0.2) is 0 Å². The molecule has 2 amide bonds. The Morgan fingerprint density at radius 3 is 2.14 bits per heavy atom. The van der Waals surface area contributed by atoms with Crippen molar-refractivity contribution in [3.63, 3.8) is 0 Å². The predicted molar refractivity (Wildman–Crippen MR) is 157 cm³/mol. The molecule has 0 heterocycles. The number of nitrogens with zero attached hydrogens (tertiary/aromatic N) is 2. The second-order valence-corrected chi connectivity index (χ2v) is 12.7. The minimum atomic E-state index is -4.81. The summed E-state index contributed by atoms with van der Waals surface area (Å²) in [6.07, 6.45) is -4.03. The molecule has 0 unspecified atom stereocenters. The number of benzene rings is 3. The zero-order valence-corrected chi connectivity index (χ0v) is 25.3. The van der Waals surface area contributed by atoms with E-state index in [-0.39, 0.29) is 30.5 Å². The normalized spacial score (nSPS) is 12.6. The lowest BCUT2D eigenvalue weighted by atomic mass is 10.0. The Kier molecular flexibility index (Phi) is 11.2.